The Labute approximate surface area is 83.8 Å². The first-order valence-corrected chi connectivity index (χ1v) is 5.31. The van der Waals surface area contributed by atoms with Crippen LogP contribution in [-0.4, -0.2) is 24.0 Å². The van der Waals surface area contributed by atoms with E-state index in [1.807, 2.05) is 0 Å². The van der Waals surface area contributed by atoms with Gasteiger partial charge in [0.25, 0.3) is 0 Å². The van der Waals surface area contributed by atoms with Gasteiger partial charge in [-0.25, -0.2) is 0 Å². The van der Waals surface area contributed by atoms with E-state index < -0.39 is 0 Å². The fraction of sp³-hybridized carbons (Fsp3) is 0.833. The monoisotopic (exact) mass is 183 g/mol. The standard InChI is InChI=1S/C12H25N/c1-10(2)8-7-9-12(5)13(6)11(3)4/h11-12H,1,7-9H2,2-6H3. The second kappa shape index (κ2) is 6.20. The fourth-order valence-corrected chi connectivity index (χ4v) is 1.41. The van der Waals surface area contributed by atoms with Crippen molar-refractivity contribution in [3.8, 4) is 0 Å². The molecular formula is C12H25N. The molecule has 0 radical (unpaired) electrons. The summed E-state index contributed by atoms with van der Waals surface area (Å²) in [5, 5.41) is 0. The molecule has 0 aromatic rings. The number of hydrogen-bond acceptors (Lipinski definition) is 1. The first-order valence-electron chi connectivity index (χ1n) is 5.31. The van der Waals surface area contributed by atoms with Crippen LogP contribution in [0, 0.1) is 0 Å². The molecule has 0 rings (SSSR count). The van der Waals surface area contributed by atoms with Crippen molar-refractivity contribution in [1.29, 1.82) is 0 Å². The summed E-state index contributed by atoms with van der Waals surface area (Å²) >= 11 is 0. The Morgan fingerprint density at radius 1 is 1.31 bits per heavy atom. The number of rotatable bonds is 6. The fourth-order valence-electron chi connectivity index (χ4n) is 1.41. The maximum Gasteiger partial charge on any atom is 0.00666 e. The van der Waals surface area contributed by atoms with Gasteiger partial charge in [0, 0.05) is 12.1 Å². The topological polar surface area (TPSA) is 3.24 Å². The zero-order chi connectivity index (χ0) is 10.4. The average Bonchev–Trinajstić information content (AvgIpc) is 2.02. The van der Waals surface area contributed by atoms with Gasteiger partial charge < -0.3 is 4.90 Å². The lowest BCUT2D eigenvalue weighted by Crippen LogP contribution is -2.34. The van der Waals surface area contributed by atoms with Crippen LogP contribution in [0.3, 0.4) is 0 Å². The summed E-state index contributed by atoms with van der Waals surface area (Å²) in [4.78, 5) is 2.43. The Bertz CT molecular complexity index is 149. The normalized spacial score (nSPS) is 13.8. The maximum atomic E-state index is 3.92. The predicted octanol–water partition coefficient (Wildman–Crippen LogP) is 3.46. The zero-order valence-corrected chi connectivity index (χ0v) is 9.93. The van der Waals surface area contributed by atoms with E-state index in [0.717, 1.165) is 0 Å². The van der Waals surface area contributed by atoms with Crippen LogP contribution < -0.4 is 0 Å². The molecule has 0 aromatic carbocycles. The van der Waals surface area contributed by atoms with E-state index in [9.17, 15) is 0 Å². The number of hydrogen-bond donors (Lipinski definition) is 0. The van der Waals surface area contributed by atoms with Gasteiger partial charge in [-0.05, 0) is 54.0 Å². The minimum atomic E-state index is 0.653. The molecule has 0 aliphatic heterocycles. The van der Waals surface area contributed by atoms with Gasteiger partial charge in [0.05, 0.1) is 0 Å². The van der Waals surface area contributed by atoms with Crippen molar-refractivity contribution in [1.82, 2.24) is 4.90 Å². The van der Waals surface area contributed by atoms with Crippen LogP contribution >= 0.6 is 0 Å². The van der Waals surface area contributed by atoms with Crippen LogP contribution in [-0.2, 0) is 0 Å². The highest BCUT2D eigenvalue weighted by atomic mass is 15.1. The van der Waals surface area contributed by atoms with Crippen molar-refractivity contribution in [2.24, 2.45) is 0 Å². The molecule has 0 amide bonds. The van der Waals surface area contributed by atoms with Gasteiger partial charge in [-0.3, -0.25) is 0 Å². The zero-order valence-electron chi connectivity index (χ0n) is 9.93. The van der Waals surface area contributed by atoms with Crippen LogP contribution in [0.5, 0.6) is 0 Å². The Kier molecular flexibility index (Phi) is 6.06. The van der Waals surface area contributed by atoms with E-state index >= 15 is 0 Å². The maximum absolute atomic E-state index is 3.92. The van der Waals surface area contributed by atoms with Crippen LogP contribution in [0.25, 0.3) is 0 Å². The molecule has 0 spiro atoms. The number of allylic oxidation sites excluding steroid dienone is 1. The molecule has 0 saturated heterocycles. The van der Waals surface area contributed by atoms with Gasteiger partial charge in [0.2, 0.25) is 0 Å². The average molecular weight is 183 g/mol. The highest BCUT2D eigenvalue weighted by Gasteiger charge is 2.11. The Morgan fingerprint density at radius 2 is 1.85 bits per heavy atom. The Morgan fingerprint density at radius 3 is 2.23 bits per heavy atom. The molecule has 0 fully saturated rings. The van der Waals surface area contributed by atoms with Gasteiger partial charge in [0.1, 0.15) is 0 Å². The molecule has 0 bridgehead atoms. The third-order valence-electron chi connectivity index (χ3n) is 2.74. The Hall–Kier alpha value is -0.300. The van der Waals surface area contributed by atoms with Gasteiger partial charge >= 0.3 is 0 Å². The first-order chi connectivity index (χ1) is 5.95. The molecular weight excluding hydrogens is 158 g/mol. The summed E-state index contributed by atoms with van der Waals surface area (Å²) in [6.07, 6.45) is 3.73. The largest absolute Gasteiger partial charge is 0.301 e. The van der Waals surface area contributed by atoms with Crippen LogP contribution in [0.2, 0.25) is 0 Å². The molecule has 78 valence electrons. The third-order valence-corrected chi connectivity index (χ3v) is 2.74. The lowest BCUT2D eigenvalue weighted by atomic mass is 10.1. The summed E-state index contributed by atoms with van der Waals surface area (Å²) in [6, 6.07) is 1.35. The molecule has 0 aliphatic rings. The highest BCUT2D eigenvalue weighted by molar-refractivity contribution is 4.87. The molecule has 0 saturated carbocycles. The van der Waals surface area contributed by atoms with Crippen molar-refractivity contribution in [2.75, 3.05) is 7.05 Å². The SMILES string of the molecule is C=C(C)CCCC(C)N(C)C(C)C. The quantitative estimate of drug-likeness (QED) is 0.570. The second-order valence-corrected chi connectivity index (χ2v) is 4.46. The van der Waals surface area contributed by atoms with Crippen molar-refractivity contribution in [3.05, 3.63) is 12.2 Å². The van der Waals surface area contributed by atoms with E-state index in [2.05, 4.69) is 46.2 Å². The van der Waals surface area contributed by atoms with Crippen molar-refractivity contribution in [3.63, 3.8) is 0 Å². The van der Waals surface area contributed by atoms with Crippen LogP contribution in [0.4, 0.5) is 0 Å². The minimum Gasteiger partial charge on any atom is -0.301 e. The van der Waals surface area contributed by atoms with Crippen LogP contribution in [0.15, 0.2) is 12.2 Å². The second-order valence-electron chi connectivity index (χ2n) is 4.46. The van der Waals surface area contributed by atoms with E-state index in [-0.39, 0.29) is 0 Å². The molecule has 1 nitrogen and oxygen atoms in total. The van der Waals surface area contributed by atoms with Gasteiger partial charge in [-0.15, -0.1) is 6.58 Å². The molecule has 0 aromatic heterocycles. The molecule has 1 atom stereocenters. The van der Waals surface area contributed by atoms with E-state index in [0.29, 0.717) is 12.1 Å². The molecule has 0 N–H and O–H groups in total. The summed E-state index contributed by atoms with van der Waals surface area (Å²) in [6.45, 7) is 12.8. The smallest absolute Gasteiger partial charge is 0.00666 e. The first kappa shape index (κ1) is 12.7. The molecule has 0 aliphatic carbocycles. The molecule has 0 heterocycles. The summed E-state index contributed by atoms with van der Waals surface area (Å²) in [5.41, 5.74) is 1.31. The highest BCUT2D eigenvalue weighted by Crippen LogP contribution is 2.11. The van der Waals surface area contributed by atoms with Crippen molar-refractivity contribution in [2.45, 2.75) is 59.0 Å². The summed E-state index contributed by atoms with van der Waals surface area (Å²) in [7, 11) is 2.20. The number of nitrogens with zero attached hydrogens (tertiary/aromatic N) is 1. The molecule has 1 heteroatoms. The van der Waals surface area contributed by atoms with Gasteiger partial charge in [-0.2, -0.15) is 0 Å². The van der Waals surface area contributed by atoms with E-state index in [1.54, 1.807) is 0 Å². The minimum absolute atomic E-state index is 0.653. The van der Waals surface area contributed by atoms with Gasteiger partial charge in [-0.1, -0.05) is 5.57 Å². The van der Waals surface area contributed by atoms with Crippen molar-refractivity contribution >= 4 is 0 Å². The van der Waals surface area contributed by atoms with Crippen molar-refractivity contribution < 1.29 is 0 Å². The predicted molar refractivity (Wildman–Crippen MR) is 61.0 cm³/mol. The Balaban J connectivity index is 3.61. The summed E-state index contributed by atoms with van der Waals surface area (Å²) in [5.74, 6) is 0. The molecule has 13 heavy (non-hydrogen) atoms. The van der Waals surface area contributed by atoms with Gasteiger partial charge in [0.15, 0.2) is 0 Å². The van der Waals surface area contributed by atoms with E-state index in [1.165, 1.54) is 24.8 Å². The van der Waals surface area contributed by atoms with E-state index in [4.69, 9.17) is 0 Å². The van der Waals surface area contributed by atoms with Crippen LogP contribution in [0.1, 0.15) is 47.0 Å². The lowest BCUT2D eigenvalue weighted by Gasteiger charge is -2.28. The summed E-state index contributed by atoms with van der Waals surface area (Å²) < 4.78 is 0. The third kappa shape index (κ3) is 5.87. The molecule has 1 unspecified atom stereocenters. The lowest BCUT2D eigenvalue weighted by molar-refractivity contribution is 0.197.